The summed E-state index contributed by atoms with van der Waals surface area (Å²) in [5.41, 5.74) is 2.82. The molecule has 0 radical (unpaired) electrons. The van der Waals surface area contributed by atoms with E-state index in [1.54, 1.807) is 5.57 Å². The maximum absolute atomic E-state index is 11.7. The summed E-state index contributed by atoms with van der Waals surface area (Å²) in [5.74, 6) is 0. The predicted octanol–water partition coefficient (Wildman–Crippen LogP) is 5.18. The van der Waals surface area contributed by atoms with Crippen LogP contribution in [-0.4, -0.2) is 63.4 Å². The Hall–Kier alpha value is -1.85. The average molecular weight is 441 g/mol. The summed E-state index contributed by atoms with van der Waals surface area (Å²) in [6.45, 7) is 8.94. The highest BCUT2D eigenvalue weighted by atomic mass is 16.4. The molecule has 1 amide bonds. The summed E-state index contributed by atoms with van der Waals surface area (Å²) in [6.07, 6.45) is 9.51. The van der Waals surface area contributed by atoms with Gasteiger partial charge >= 0.3 is 6.09 Å². The maximum Gasteiger partial charge on any atom is 0.407 e. The van der Waals surface area contributed by atoms with Crippen LogP contribution < -0.4 is 0 Å². The first-order valence-electron chi connectivity index (χ1n) is 12.4. The predicted molar refractivity (Wildman–Crippen MR) is 129 cm³/mol. The van der Waals surface area contributed by atoms with Crippen LogP contribution in [0.25, 0.3) is 6.08 Å². The zero-order chi connectivity index (χ0) is 22.9. The molecule has 1 aromatic carbocycles. The number of hydrogen-bond acceptors (Lipinski definition) is 3. The number of nitrogens with zero attached hydrogens (tertiary/aromatic N) is 2. The fourth-order valence-electron chi connectivity index (χ4n) is 5.64. The van der Waals surface area contributed by atoms with Crippen LogP contribution in [0.2, 0.25) is 0 Å². The molecular formula is C27H40N2O3. The molecule has 2 atom stereocenters. The molecule has 2 unspecified atom stereocenters. The molecule has 0 bridgehead atoms. The standard InChI is InChI=1S/C27H40N2O3/c1-26(2,3)24-19-27(32,13-16-29(24)25(30)31)18-22-9-7-20(8-10-22)17-21-11-14-28(15-12-21)23-5-4-6-23/h7-10,17,23-24,32H,4-6,11-16,18-19H2,1-3H3,(H,30,31). The third-order valence-electron chi connectivity index (χ3n) is 7.93. The molecule has 2 aliphatic heterocycles. The minimum absolute atomic E-state index is 0.187. The minimum Gasteiger partial charge on any atom is -0.465 e. The minimum atomic E-state index is -0.886. The molecule has 0 aromatic heterocycles. The topological polar surface area (TPSA) is 64.0 Å². The molecule has 2 heterocycles. The third-order valence-corrected chi connectivity index (χ3v) is 7.93. The Balaban J connectivity index is 1.36. The molecule has 2 saturated heterocycles. The summed E-state index contributed by atoms with van der Waals surface area (Å²) in [5, 5.41) is 20.9. The number of piperidine rings is 2. The first-order valence-corrected chi connectivity index (χ1v) is 12.4. The van der Waals surface area contributed by atoms with E-state index in [9.17, 15) is 15.0 Å². The van der Waals surface area contributed by atoms with E-state index < -0.39 is 11.7 Å². The second kappa shape index (κ2) is 9.18. The lowest BCUT2D eigenvalue weighted by Gasteiger charge is -2.48. The Kier molecular flexibility index (Phi) is 6.69. The van der Waals surface area contributed by atoms with Crippen LogP contribution in [0.3, 0.4) is 0 Å². The van der Waals surface area contributed by atoms with E-state index in [4.69, 9.17) is 0 Å². The van der Waals surface area contributed by atoms with E-state index in [0.29, 0.717) is 25.8 Å². The molecule has 5 nitrogen and oxygen atoms in total. The van der Waals surface area contributed by atoms with Crippen molar-refractivity contribution < 1.29 is 15.0 Å². The van der Waals surface area contributed by atoms with Gasteiger partial charge in [0, 0.05) is 38.1 Å². The van der Waals surface area contributed by atoms with Gasteiger partial charge in [0.2, 0.25) is 0 Å². The molecular weight excluding hydrogens is 400 g/mol. The lowest BCUT2D eigenvalue weighted by atomic mass is 9.73. The van der Waals surface area contributed by atoms with Crippen LogP contribution in [0.4, 0.5) is 4.79 Å². The quantitative estimate of drug-likeness (QED) is 0.677. The van der Waals surface area contributed by atoms with E-state index >= 15 is 0 Å². The van der Waals surface area contributed by atoms with Crippen LogP contribution in [0.5, 0.6) is 0 Å². The lowest BCUT2D eigenvalue weighted by molar-refractivity contribution is -0.0636. The van der Waals surface area contributed by atoms with Crippen molar-refractivity contribution in [2.75, 3.05) is 19.6 Å². The number of carbonyl (C=O) groups is 1. The number of rotatable bonds is 4. The van der Waals surface area contributed by atoms with Gasteiger partial charge in [-0.1, -0.05) is 63.1 Å². The SMILES string of the molecule is CC(C)(C)C1CC(O)(Cc2ccc(C=C3CCN(C4CCC4)CC3)cc2)CCN1C(=O)O. The molecule has 1 saturated carbocycles. The van der Waals surface area contributed by atoms with Crippen molar-refractivity contribution in [3.63, 3.8) is 0 Å². The summed E-state index contributed by atoms with van der Waals surface area (Å²) < 4.78 is 0. The van der Waals surface area contributed by atoms with Crippen molar-refractivity contribution in [1.82, 2.24) is 9.80 Å². The van der Waals surface area contributed by atoms with Crippen LogP contribution in [0.1, 0.15) is 76.8 Å². The molecule has 0 spiro atoms. The van der Waals surface area contributed by atoms with Gasteiger partial charge in [-0.15, -0.1) is 0 Å². The van der Waals surface area contributed by atoms with Crippen molar-refractivity contribution in [2.45, 2.75) is 89.8 Å². The van der Waals surface area contributed by atoms with E-state index in [1.807, 2.05) is 0 Å². The zero-order valence-corrected chi connectivity index (χ0v) is 20.0. The Morgan fingerprint density at radius 3 is 2.31 bits per heavy atom. The Morgan fingerprint density at radius 2 is 1.78 bits per heavy atom. The Morgan fingerprint density at radius 1 is 1.12 bits per heavy atom. The van der Waals surface area contributed by atoms with Crippen molar-refractivity contribution in [2.24, 2.45) is 5.41 Å². The van der Waals surface area contributed by atoms with Gasteiger partial charge in [0.15, 0.2) is 0 Å². The van der Waals surface area contributed by atoms with Crippen molar-refractivity contribution in [1.29, 1.82) is 0 Å². The fraction of sp³-hybridized carbons (Fsp3) is 0.667. The van der Waals surface area contributed by atoms with Gasteiger partial charge in [-0.2, -0.15) is 0 Å². The average Bonchev–Trinajstić information content (AvgIpc) is 2.68. The first-order chi connectivity index (χ1) is 15.1. The highest BCUT2D eigenvalue weighted by molar-refractivity contribution is 5.65. The van der Waals surface area contributed by atoms with E-state index in [-0.39, 0.29) is 11.5 Å². The monoisotopic (exact) mass is 440 g/mol. The van der Waals surface area contributed by atoms with Gasteiger partial charge in [0.1, 0.15) is 0 Å². The Labute approximate surface area is 193 Å². The van der Waals surface area contributed by atoms with Crippen molar-refractivity contribution in [3.8, 4) is 0 Å². The van der Waals surface area contributed by atoms with Gasteiger partial charge in [0.05, 0.1) is 5.60 Å². The van der Waals surface area contributed by atoms with Gasteiger partial charge in [-0.05, 0) is 55.1 Å². The van der Waals surface area contributed by atoms with Gasteiger partial charge in [-0.3, -0.25) is 4.90 Å². The van der Waals surface area contributed by atoms with Crippen LogP contribution in [-0.2, 0) is 6.42 Å². The summed E-state index contributed by atoms with van der Waals surface area (Å²) >= 11 is 0. The van der Waals surface area contributed by atoms with Gasteiger partial charge < -0.3 is 15.1 Å². The number of benzene rings is 1. The van der Waals surface area contributed by atoms with E-state index in [1.165, 1.54) is 55.7 Å². The van der Waals surface area contributed by atoms with Gasteiger partial charge in [0.25, 0.3) is 0 Å². The Bertz CT molecular complexity index is 827. The lowest BCUT2D eigenvalue weighted by Crippen LogP contribution is -2.57. The zero-order valence-electron chi connectivity index (χ0n) is 20.0. The molecule has 5 heteroatoms. The number of hydrogen-bond donors (Lipinski definition) is 2. The number of aliphatic hydroxyl groups is 1. The fourth-order valence-corrected chi connectivity index (χ4v) is 5.64. The molecule has 4 rings (SSSR count). The third kappa shape index (κ3) is 5.37. The molecule has 1 aliphatic carbocycles. The molecule has 3 aliphatic rings. The highest BCUT2D eigenvalue weighted by Crippen LogP contribution is 2.38. The normalized spacial score (nSPS) is 27.8. The summed E-state index contributed by atoms with van der Waals surface area (Å²) in [7, 11) is 0. The van der Waals surface area contributed by atoms with Crippen LogP contribution in [0, 0.1) is 5.41 Å². The maximum atomic E-state index is 11.7. The first kappa shape index (κ1) is 23.3. The van der Waals surface area contributed by atoms with E-state index in [2.05, 4.69) is 56.0 Å². The molecule has 2 N–H and O–H groups in total. The second-order valence-electron chi connectivity index (χ2n) is 11.4. The highest BCUT2D eigenvalue weighted by Gasteiger charge is 2.44. The summed E-state index contributed by atoms with van der Waals surface area (Å²) in [4.78, 5) is 15.9. The smallest absolute Gasteiger partial charge is 0.407 e. The second-order valence-corrected chi connectivity index (χ2v) is 11.4. The molecule has 176 valence electrons. The summed E-state index contributed by atoms with van der Waals surface area (Å²) in [6, 6.07) is 9.25. The van der Waals surface area contributed by atoms with Crippen molar-refractivity contribution >= 4 is 12.2 Å². The van der Waals surface area contributed by atoms with Crippen LogP contribution >= 0.6 is 0 Å². The largest absolute Gasteiger partial charge is 0.465 e. The number of amides is 1. The van der Waals surface area contributed by atoms with Crippen molar-refractivity contribution in [3.05, 3.63) is 41.0 Å². The van der Waals surface area contributed by atoms with E-state index in [0.717, 1.165) is 11.6 Å². The number of carboxylic acid groups (broad SMARTS) is 1. The van der Waals surface area contributed by atoms with Gasteiger partial charge in [-0.25, -0.2) is 4.79 Å². The molecule has 3 fully saturated rings. The number of likely N-dealkylation sites (tertiary alicyclic amines) is 2. The molecule has 1 aromatic rings. The van der Waals surface area contributed by atoms with Crippen LogP contribution in [0.15, 0.2) is 29.8 Å². The molecule has 32 heavy (non-hydrogen) atoms.